The molecule has 0 spiro atoms. The first-order valence-corrected chi connectivity index (χ1v) is 8.09. The smallest absolute Gasteiger partial charge is 0.123 e. The molecular formula is C18H31FN2O. The van der Waals surface area contributed by atoms with Crippen LogP contribution in [-0.2, 0) is 11.2 Å². The lowest BCUT2D eigenvalue weighted by Crippen LogP contribution is -2.31. The summed E-state index contributed by atoms with van der Waals surface area (Å²) in [5.41, 5.74) is 13.4. The molecule has 0 saturated heterocycles. The molecule has 4 N–H and O–H groups in total. The first-order valence-electron chi connectivity index (χ1n) is 8.09. The zero-order valence-electron chi connectivity index (χ0n) is 14.1. The van der Waals surface area contributed by atoms with E-state index in [0.717, 1.165) is 31.2 Å². The third-order valence-corrected chi connectivity index (χ3v) is 3.48. The monoisotopic (exact) mass is 310 g/mol. The van der Waals surface area contributed by atoms with Gasteiger partial charge in [0.25, 0.3) is 0 Å². The molecule has 3 nitrogen and oxygen atoms in total. The highest BCUT2D eigenvalue weighted by atomic mass is 19.1. The van der Waals surface area contributed by atoms with E-state index in [1.165, 1.54) is 12.1 Å². The molecule has 0 radical (unpaired) electrons. The zero-order valence-corrected chi connectivity index (χ0v) is 14.1. The van der Waals surface area contributed by atoms with Crippen LogP contribution in [0.25, 0.3) is 0 Å². The Morgan fingerprint density at radius 2 is 1.73 bits per heavy atom. The van der Waals surface area contributed by atoms with E-state index in [9.17, 15) is 4.39 Å². The molecule has 0 aliphatic carbocycles. The van der Waals surface area contributed by atoms with E-state index in [1.807, 2.05) is 0 Å². The minimum absolute atomic E-state index is 0.0808. The Bertz CT molecular complexity index is 414. The van der Waals surface area contributed by atoms with Crippen molar-refractivity contribution >= 4 is 0 Å². The average Bonchev–Trinajstić information content (AvgIpc) is 2.39. The van der Waals surface area contributed by atoms with Crippen LogP contribution in [0, 0.1) is 11.2 Å². The van der Waals surface area contributed by atoms with Gasteiger partial charge < -0.3 is 16.2 Å². The van der Waals surface area contributed by atoms with Crippen LogP contribution in [0.5, 0.6) is 0 Å². The normalized spacial score (nSPS) is 14.8. The lowest BCUT2D eigenvalue weighted by Gasteiger charge is -2.23. The van der Waals surface area contributed by atoms with Crippen molar-refractivity contribution in [1.82, 2.24) is 0 Å². The predicted octanol–water partition coefficient (Wildman–Crippen LogP) is 3.26. The molecule has 1 aromatic carbocycles. The summed E-state index contributed by atoms with van der Waals surface area (Å²) in [4.78, 5) is 0. The van der Waals surface area contributed by atoms with Crippen LogP contribution in [0.2, 0.25) is 0 Å². The van der Waals surface area contributed by atoms with Crippen molar-refractivity contribution in [1.29, 1.82) is 0 Å². The van der Waals surface area contributed by atoms with Crippen LogP contribution in [0.4, 0.5) is 4.39 Å². The van der Waals surface area contributed by atoms with Crippen LogP contribution in [0.15, 0.2) is 24.3 Å². The molecule has 0 aromatic heterocycles. The van der Waals surface area contributed by atoms with Crippen LogP contribution in [-0.4, -0.2) is 25.3 Å². The standard InChI is InChI=1S/C18H31FN2O/c1-18(2,3)12-17(21)13-22-10-4-5-16(20)11-14-6-8-15(19)9-7-14/h6-9,16-17H,4-5,10-13,20-21H2,1-3H3/t16-,17-/m1/s1. The largest absolute Gasteiger partial charge is 0.380 e. The topological polar surface area (TPSA) is 61.3 Å². The van der Waals surface area contributed by atoms with E-state index >= 15 is 0 Å². The molecular weight excluding hydrogens is 279 g/mol. The van der Waals surface area contributed by atoms with E-state index in [0.29, 0.717) is 13.2 Å². The molecule has 0 fully saturated rings. The number of hydrogen-bond acceptors (Lipinski definition) is 3. The molecule has 126 valence electrons. The first-order chi connectivity index (χ1) is 10.3. The van der Waals surface area contributed by atoms with Crippen molar-refractivity contribution in [3.05, 3.63) is 35.6 Å². The molecule has 0 amide bonds. The summed E-state index contributed by atoms with van der Waals surface area (Å²) in [7, 11) is 0. The molecule has 1 rings (SSSR count). The van der Waals surface area contributed by atoms with Crippen molar-refractivity contribution in [2.75, 3.05) is 13.2 Å². The number of hydrogen-bond donors (Lipinski definition) is 2. The maximum atomic E-state index is 12.8. The van der Waals surface area contributed by atoms with Gasteiger partial charge in [0.05, 0.1) is 6.61 Å². The molecule has 0 heterocycles. The Hall–Kier alpha value is -0.970. The molecule has 0 saturated carbocycles. The van der Waals surface area contributed by atoms with Gasteiger partial charge in [-0.15, -0.1) is 0 Å². The fraction of sp³-hybridized carbons (Fsp3) is 0.667. The SMILES string of the molecule is CC(C)(C)C[C@@H](N)COCCC[C@@H](N)Cc1ccc(F)cc1. The average molecular weight is 310 g/mol. The van der Waals surface area contributed by atoms with Gasteiger partial charge in [-0.25, -0.2) is 4.39 Å². The van der Waals surface area contributed by atoms with E-state index in [2.05, 4.69) is 20.8 Å². The van der Waals surface area contributed by atoms with Gasteiger partial charge in [-0.05, 0) is 48.8 Å². The predicted molar refractivity (Wildman–Crippen MR) is 90.2 cm³/mol. The van der Waals surface area contributed by atoms with Crippen LogP contribution >= 0.6 is 0 Å². The van der Waals surface area contributed by atoms with Crippen molar-refractivity contribution in [2.45, 2.75) is 58.5 Å². The Labute approximate surface area is 134 Å². The Morgan fingerprint density at radius 1 is 1.09 bits per heavy atom. The Balaban J connectivity index is 2.10. The van der Waals surface area contributed by atoms with Crippen LogP contribution in [0.3, 0.4) is 0 Å². The molecule has 1 aromatic rings. The molecule has 2 atom stereocenters. The summed E-state index contributed by atoms with van der Waals surface area (Å²) in [5, 5.41) is 0. The molecule has 0 aliphatic rings. The Morgan fingerprint density at radius 3 is 2.32 bits per heavy atom. The van der Waals surface area contributed by atoms with Crippen LogP contribution < -0.4 is 11.5 Å². The second-order valence-electron chi connectivity index (χ2n) is 7.33. The molecule has 0 bridgehead atoms. The van der Waals surface area contributed by atoms with Gasteiger partial charge in [0.2, 0.25) is 0 Å². The summed E-state index contributed by atoms with van der Waals surface area (Å²) in [6.45, 7) is 7.84. The minimum Gasteiger partial charge on any atom is -0.380 e. The Kier molecular flexibility index (Phi) is 8.01. The molecule has 22 heavy (non-hydrogen) atoms. The van der Waals surface area contributed by atoms with E-state index in [1.54, 1.807) is 12.1 Å². The van der Waals surface area contributed by atoms with E-state index in [-0.39, 0.29) is 23.3 Å². The van der Waals surface area contributed by atoms with Gasteiger partial charge in [0.1, 0.15) is 5.82 Å². The second-order valence-corrected chi connectivity index (χ2v) is 7.33. The highest BCUT2D eigenvalue weighted by Gasteiger charge is 2.15. The minimum atomic E-state index is -0.211. The first kappa shape index (κ1) is 19.1. The molecule has 4 heteroatoms. The van der Waals surface area contributed by atoms with Crippen molar-refractivity contribution in [3.8, 4) is 0 Å². The van der Waals surface area contributed by atoms with Gasteiger partial charge >= 0.3 is 0 Å². The summed E-state index contributed by atoms with van der Waals surface area (Å²) in [5.74, 6) is -0.211. The second kappa shape index (κ2) is 9.23. The quantitative estimate of drug-likeness (QED) is 0.688. The summed E-state index contributed by atoms with van der Waals surface area (Å²) in [6.07, 6.45) is 3.54. The third-order valence-electron chi connectivity index (χ3n) is 3.48. The van der Waals surface area contributed by atoms with Gasteiger partial charge in [0, 0.05) is 18.7 Å². The lowest BCUT2D eigenvalue weighted by molar-refractivity contribution is 0.105. The molecule has 0 unspecified atom stereocenters. The van der Waals surface area contributed by atoms with Gasteiger partial charge in [0.15, 0.2) is 0 Å². The van der Waals surface area contributed by atoms with Gasteiger partial charge in [-0.2, -0.15) is 0 Å². The van der Waals surface area contributed by atoms with E-state index < -0.39 is 0 Å². The van der Waals surface area contributed by atoms with E-state index in [4.69, 9.17) is 16.2 Å². The summed E-state index contributed by atoms with van der Waals surface area (Å²) in [6, 6.07) is 6.70. The molecule has 0 aliphatic heterocycles. The fourth-order valence-corrected chi connectivity index (χ4v) is 2.55. The fourth-order valence-electron chi connectivity index (χ4n) is 2.55. The summed E-state index contributed by atoms with van der Waals surface area (Å²) < 4.78 is 18.4. The number of nitrogens with two attached hydrogens (primary N) is 2. The van der Waals surface area contributed by atoms with Crippen molar-refractivity contribution in [3.63, 3.8) is 0 Å². The number of ether oxygens (including phenoxy) is 1. The van der Waals surface area contributed by atoms with Gasteiger partial charge in [-0.3, -0.25) is 0 Å². The lowest BCUT2D eigenvalue weighted by atomic mass is 9.89. The maximum absolute atomic E-state index is 12.8. The number of halogens is 1. The van der Waals surface area contributed by atoms with Gasteiger partial charge in [-0.1, -0.05) is 32.9 Å². The number of rotatable bonds is 9. The maximum Gasteiger partial charge on any atom is 0.123 e. The number of benzene rings is 1. The van der Waals surface area contributed by atoms with Crippen LogP contribution in [0.1, 0.15) is 45.6 Å². The van der Waals surface area contributed by atoms with Crippen molar-refractivity contribution in [2.24, 2.45) is 16.9 Å². The highest BCUT2D eigenvalue weighted by molar-refractivity contribution is 5.17. The zero-order chi connectivity index (χ0) is 16.6. The third kappa shape index (κ3) is 9.13. The van der Waals surface area contributed by atoms with Crippen molar-refractivity contribution < 1.29 is 9.13 Å². The highest BCUT2D eigenvalue weighted by Crippen LogP contribution is 2.19. The summed E-state index contributed by atoms with van der Waals surface area (Å²) >= 11 is 0.